The number of benzene rings is 1. The first-order valence-electron chi connectivity index (χ1n) is 6.57. The van der Waals surface area contributed by atoms with Gasteiger partial charge in [0, 0.05) is 24.1 Å². The number of halogens is 2. The number of nitro groups is 1. The Morgan fingerprint density at radius 3 is 2.52 bits per heavy atom. The van der Waals surface area contributed by atoms with Crippen LogP contribution in [0.15, 0.2) is 12.1 Å². The number of hydrogen-bond donors (Lipinski definition) is 2. The normalized spacial score (nSPS) is 21.8. The molecule has 0 unspecified atom stereocenters. The van der Waals surface area contributed by atoms with Crippen molar-refractivity contribution in [3.8, 4) is 0 Å². The Labute approximate surface area is 125 Å². The van der Waals surface area contributed by atoms with Crippen LogP contribution in [0.25, 0.3) is 0 Å². The predicted octanol–water partition coefficient (Wildman–Crippen LogP) is 2.84. The van der Waals surface area contributed by atoms with Gasteiger partial charge in [0.25, 0.3) is 5.69 Å². The van der Waals surface area contributed by atoms with E-state index in [1.807, 2.05) is 0 Å². The third-order valence-electron chi connectivity index (χ3n) is 3.72. The number of nitro benzene ring substituents is 1. The molecule has 3 N–H and O–H groups in total. The van der Waals surface area contributed by atoms with Crippen LogP contribution >= 0.6 is 11.6 Å². The summed E-state index contributed by atoms with van der Waals surface area (Å²) in [6, 6.07) is 1.97. The van der Waals surface area contributed by atoms with Gasteiger partial charge in [0.1, 0.15) is 11.5 Å². The summed E-state index contributed by atoms with van der Waals surface area (Å²) in [5.74, 6) is -1.19. The largest absolute Gasteiger partial charge is 0.377 e. The average molecular weight is 316 g/mol. The highest BCUT2D eigenvalue weighted by atomic mass is 35.5. The molecule has 8 heteroatoms. The molecule has 1 aliphatic carbocycles. The minimum absolute atomic E-state index is 0.0557. The summed E-state index contributed by atoms with van der Waals surface area (Å²) in [6.07, 6.45) is 2.54. The lowest BCUT2D eigenvalue weighted by Gasteiger charge is -2.28. The van der Waals surface area contributed by atoms with Crippen LogP contribution < -0.4 is 11.1 Å². The van der Waals surface area contributed by atoms with Crippen molar-refractivity contribution in [3.05, 3.63) is 33.1 Å². The van der Waals surface area contributed by atoms with Crippen molar-refractivity contribution in [1.29, 1.82) is 0 Å². The maximum absolute atomic E-state index is 13.5. The molecule has 0 aliphatic heterocycles. The molecule has 1 saturated carbocycles. The summed E-state index contributed by atoms with van der Waals surface area (Å²) in [5.41, 5.74) is 5.09. The molecule has 1 aliphatic rings. The van der Waals surface area contributed by atoms with Gasteiger partial charge >= 0.3 is 0 Å². The number of primary amides is 1. The number of nitrogens with two attached hydrogens (primary N) is 1. The molecule has 1 amide bonds. The predicted molar refractivity (Wildman–Crippen MR) is 76.6 cm³/mol. The fraction of sp³-hybridized carbons (Fsp3) is 0.462. The fourth-order valence-electron chi connectivity index (χ4n) is 2.55. The second-order valence-electron chi connectivity index (χ2n) is 5.14. The van der Waals surface area contributed by atoms with Crippen molar-refractivity contribution < 1.29 is 14.1 Å². The topological polar surface area (TPSA) is 98.3 Å². The highest BCUT2D eigenvalue weighted by Crippen LogP contribution is 2.33. The number of nitrogens with one attached hydrogen (secondary N) is 1. The van der Waals surface area contributed by atoms with Gasteiger partial charge in [-0.25, -0.2) is 4.39 Å². The van der Waals surface area contributed by atoms with Crippen molar-refractivity contribution in [2.75, 3.05) is 5.32 Å². The molecule has 0 aromatic heterocycles. The maximum Gasteiger partial charge on any atom is 0.294 e. The zero-order valence-electron chi connectivity index (χ0n) is 11.1. The Hall–Kier alpha value is -1.89. The van der Waals surface area contributed by atoms with Crippen LogP contribution in [-0.2, 0) is 4.79 Å². The van der Waals surface area contributed by atoms with E-state index in [9.17, 15) is 19.3 Å². The summed E-state index contributed by atoms with van der Waals surface area (Å²) in [4.78, 5) is 21.5. The zero-order valence-corrected chi connectivity index (χ0v) is 11.9. The van der Waals surface area contributed by atoms with E-state index in [-0.39, 0.29) is 34.3 Å². The number of carbonyl (C=O) groups is 1. The van der Waals surface area contributed by atoms with E-state index in [0.717, 1.165) is 12.1 Å². The SMILES string of the molecule is NC(=O)C1CCC(Nc2cc(F)c(Cl)cc2[N+](=O)[O-])CC1. The van der Waals surface area contributed by atoms with Crippen molar-refractivity contribution in [3.63, 3.8) is 0 Å². The summed E-state index contributed by atoms with van der Waals surface area (Å²) in [7, 11) is 0. The fourth-order valence-corrected chi connectivity index (χ4v) is 2.70. The van der Waals surface area contributed by atoms with E-state index in [4.69, 9.17) is 17.3 Å². The molecule has 1 aromatic rings. The molecule has 6 nitrogen and oxygen atoms in total. The first-order valence-corrected chi connectivity index (χ1v) is 6.95. The van der Waals surface area contributed by atoms with Crippen molar-refractivity contribution in [2.24, 2.45) is 11.7 Å². The van der Waals surface area contributed by atoms with E-state index < -0.39 is 10.7 Å². The van der Waals surface area contributed by atoms with Crippen LogP contribution in [0.3, 0.4) is 0 Å². The molecule has 0 radical (unpaired) electrons. The number of rotatable bonds is 4. The molecule has 0 heterocycles. The number of carbonyl (C=O) groups excluding carboxylic acids is 1. The molecular weight excluding hydrogens is 301 g/mol. The van der Waals surface area contributed by atoms with Crippen LogP contribution in [0, 0.1) is 21.8 Å². The van der Waals surface area contributed by atoms with Crippen LogP contribution in [0.4, 0.5) is 15.8 Å². The average Bonchev–Trinajstić information content (AvgIpc) is 2.43. The Bertz CT molecular complexity index is 574. The quantitative estimate of drug-likeness (QED) is 0.659. The van der Waals surface area contributed by atoms with Gasteiger partial charge in [0.05, 0.1) is 9.95 Å². The van der Waals surface area contributed by atoms with Crippen LogP contribution in [0.2, 0.25) is 5.02 Å². The Morgan fingerprint density at radius 1 is 1.38 bits per heavy atom. The molecule has 21 heavy (non-hydrogen) atoms. The van der Waals surface area contributed by atoms with Gasteiger partial charge in [-0.2, -0.15) is 0 Å². The van der Waals surface area contributed by atoms with Crippen LogP contribution in [0.1, 0.15) is 25.7 Å². The van der Waals surface area contributed by atoms with Crippen molar-refractivity contribution in [1.82, 2.24) is 0 Å². The van der Waals surface area contributed by atoms with Crippen molar-refractivity contribution >= 4 is 28.9 Å². The molecule has 114 valence electrons. The maximum atomic E-state index is 13.5. The minimum Gasteiger partial charge on any atom is -0.377 e. The first kappa shape index (κ1) is 15.5. The van der Waals surface area contributed by atoms with Crippen LogP contribution in [0.5, 0.6) is 0 Å². The Kier molecular flexibility index (Phi) is 4.62. The molecule has 0 atom stereocenters. The lowest BCUT2D eigenvalue weighted by molar-refractivity contribution is -0.384. The molecule has 1 fully saturated rings. The van der Waals surface area contributed by atoms with Crippen molar-refractivity contribution in [2.45, 2.75) is 31.7 Å². The minimum atomic E-state index is -0.712. The van der Waals surface area contributed by atoms with Gasteiger partial charge in [-0.3, -0.25) is 14.9 Å². The standard InChI is InChI=1S/C13H15ClFN3O3/c14-9-5-12(18(20)21)11(6-10(9)15)17-8-3-1-7(2-4-8)13(16)19/h5-8,17H,1-4H2,(H2,16,19). The molecule has 2 rings (SSSR count). The zero-order chi connectivity index (χ0) is 15.6. The number of anilines is 1. The van der Waals surface area contributed by atoms with Gasteiger partial charge < -0.3 is 11.1 Å². The summed E-state index contributed by atoms with van der Waals surface area (Å²) in [6.45, 7) is 0. The van der Waals surface area contributed by atoms with Crippen LogP contribution in [-0.4, -0.2) is 16.9 Å². The molecule has 0 saturated heterocycles. The smallest absolute Gasteiger partial charge is 0.294 e. The van der Waals surface area contributed by atoms with E-state index in [1.165, 1.54) is 0 Å². The van der Waals surface area contributed by atoms with Gasteiger partial charge in [-0.05, 0) is 25.7 Å². The van der Waals surface area contributed by atoms with Gasteiger partial charge in [0.2, 0.25) is 5.91 Å². The Morgan fingerprint density at radius 2 is 2.00 bits per heavy atom. The van der Waals surface area contributed by atoms with E-state index in [0.29, 0.717) is 25.7 Å². The molecule has 0 bridgehead atoms. The summed E-state index contributed by atoms with van der Waals surface area (Å²) < 4.78 is 13.5. The first-order chi connectivity index (χ1) is 9.88. The Balaban J connectivity index is 2.11. The van der Waals surface area contributed by atoms with Gasteiger partial charge in [-0.1, -0.05) is 11.6 Å². The molecule has 1 aromatic carbocycles. The van der Waals surface area contributed by atoms with Gasteiger partial charge in [0.15, 0.2) is 0 Å². The van der Waals surface area contributed by atoms with Gasteiger partial charge in [-0.15, -0.1) is 0 Å². The van der Waals surface area contributed by atoms with E-state index >= 15 is 0 Å². The second-order valence-corrected chi connectivity index (χ2v) is 5.54. The number of hydrogen-bond acceptors (Lipinski definition) is 4. The lowest BCUT2D eigenvalue weighted by Crippen LogP contribution is -2.32. The highest BCUT2D eigenvalue weighted by Gasteiger charge is 2.26. The monoisotopic (exact) mass is 315 g/mol. The number of nitrogens with zero attached hydrogens (tertiary/aromatic N) is 1. The second kappa shape index (κ2) is 6.26. The third-order valence-corrected chi connectivity index (χ3v) is 4.01. The summed E-state index contributed by atoms with van der Waals surface area (Å²) in [5, 5.41) is 13.7. The van der Waals surface area contributed by atoms with E-state index in [1.54, 1.807) is 0 Å². The molecule has 0 spiro atoms. The highest BCUT2D eigenvalue weighted by molar-refractivity contribution is 6.31. The lowest BCUT2D eigenvalue weighted by atomic mass is 9.85. The summed E-state index contributed by atoms with van der Waals surface area (Å²) >= 11 is 5.57. The third kappa shape index (κ3) is 3.60. The number of amides is 1. The molecular formula is C13H15ClFN3O3. The van der Waals surface area contributed by atoms with E-state index in [2.05, 4.69) is 5.32 Å².